The third kappa shape index (κ3) is 2.29. The molecule has 0 saturated heterocycles. The van der Waals surface area contributed by atoms with E-state index in [2.05, 4.69) is 0 Å². The highest BCUT2D eigenvalue weighted by molar-refractivity contribution is 5.68. The molecular formula is C14H14O3. The Balaban J connectivity index is 2.36. The van der Waals surface area contributed by atoms with Gasteiger partial charge in [0.25, 0.3) is 0 Å². The van der Waals surface area contributed by atoms with Crippen LogP contribution in [0.5, 0.6) is 0 Å². The van der Waals surface area contributed by atoms with Crippen LogP contribution in [0, 0.1) is 5.92 Å². The summed E-state index contributed by atoms with van der Waals surface area (Å²) in [5.41, 5.74) is -0.513. The van der Waals surface area contributed by atoms with Crippen LogP contribution in [0.1, 0.15) is 12.0 Å². The minimum atomic E-state index is -1.23. The van der Waals surface area contributed by atoms with Crippen molar-refractivity contribution in [2.45, 2.75) is 12.0 Å². The Labute approximate surface area is 99.7 Å². The maximum Gasteiger partial charge on any atom is 0.304 e. The molecule has 2 N–H and O–H groups in total. The van der Waals surface area contributed by atoms with Crippen molar-refractivity contribution in [1.29, 1.82) is 0 Å². The predicted molar refractivity (Wildman–Crippen MR) is 64.4 cm³/mol. The molecule has 2 unspecified atom stereocenters. The van der Waals surface area contributed by atoms with E-state index in [1.54, 1.807) is 36.4 Å². The lowest BCUT2D eigenvalue weighted by Crippen LogP contribution is -2.34. The van der Waals surface area contributed by atoms with E-state index >= 15 is 0 Å². The van der Waals surface area contributed by atoms with Gasteiger partial charge in [-0.05, 0) is 11.6 Å². The van der Waals surface area contributed by atoms with E-state index in [0.29, 0.717) is 5.56 Å². The molecule has 17 heavy (non-hydrogen) atoms. The van der Waals surface area contributed by atoms with Gasteiger partial charge >= 0.3 is 5.97 Å². The Hall–Kier alpha value is -1.87. The van der Waals surface area contributed by atoms with Gasteiger partial charge in [0.05, 0.1) is 6.42 Å². The first-order valence-corrected chi connectivity index (χ1v) is 5.48. The summed E-state index contributed by atoms with van der Waals surface area (Å²) >= 11 is 0. The van der Waals surface area contributed by atoms with Crippen LogP contribution in [0.4, 0.5) is 0 Å². The summed E-state index contributed by atoms with van der Waals surface area (Å²) in [6.45, 7) is 0. The van der Waals surface area contributed by atoms with Gasteiger partial charge < -0.3 is 10.2 Å². The van der Waals surface area contributed by atoms with Gasteiger partial charge in [0.2, 0.25) is 0 Å². The van der Waals surface area contributed by atoms with Crippen molar-refractivity contribution in [3.63, 3.8) is 0 Å². The lowest BCUT2D eigenvalue weighted by molar-refractivity contribution is -0.139. The van der Waals surface area contributed by atoms with Crippen LogP contribution in [0.2, 0.25) is 0 Å². The number of hydrogen-bond donors (Lipinski definition) is 2. The van der Waals surface area contributed by atoms with Gasteiger partial charge in [-0.15, -0.1) is 0 Å². The molecule has 0 heterocycles. The Kier molecular flexibility index (Phi) is 3.11. The fraction of sp³-hybridized carbons (Fsp3) is 0.214. The fourth-order valence-electron chi connectivity index (χ4n) is 2.10. The van der Waals surface area contributed by atoms with Crippen molar-refractivity contribution in [3.05, 3.63) is 60.2 Å². The average molecular weight is 230 g/mol. The van der Waals surface area contributed by atoms with Gasteiger partial charge in [0.1, 0.15) is 5.60 Å². The maximum absolute atomic E-state index is 10.8. The molecule has 0 fully saturated rings. The smallest absolute Gasteiger partial charge is 0.304 e. The van der Waals surface area contributed by atoms with Gasteiger partial charge in [-0.2, -0.15) is 0 Å². The van der Waals surface area contributed by atoms with E-state index in [4.69, 9.17) is 5.11 Å². The van der Waals surface area contributed by atoms with Crippen LogP contribution in [0.15, 0.2) is 54.6 Å². The molecule has 0 radical (unpaired) electrons. The van der Waals surface area contributed by atoms with Crippen molar-refractivity contribution in [3.8, 4) is 0 Å². The van der Waals surface area contributed by atoms with E-state index in [1.807, 2.05) is 18.2 Å². The molecule has 1 aromatic carbocycles. The molecule has 88 valence electrons. The minimum absolute atomic E-state index is 0.0910. The van der Waals surface area contributed by atoms with Gasteiger partial charge in [0.15, 0.2) is 0 Å². The van der Waals surface area contributed by atoms with E-state index in [1.165, 1.54) is 0 Å². The van der Waals surface area contributed by atoms with Gasteiger partial charge in [0, 0.05) is 5.92 Å². The summed E-state index contributed by atoms with van der Waals surface area (Å²) in [5.74, 6) is -1.35. The van der Waals surface area contributed by atoms with Crippen LogP contribution in [-0.2, 0) is 10.4 Å². The highest BCUT2D eigenvalue weighted by atomic mass is 16.4. The molecule has 1 aromatic rings. The molecule has 2 rings (SSSR count). The quantitative estimate of drug-likeness (QED) is 0.836. The van der Waals surface area contributed by atoms with Gasteiger partial charge in [-0.3, -0.25) is 4.79 Å². The van der Waals surface area contributed by atoms with Crippen molar-refractivity contribution in [1.82, 2.24) is 0 Å². The van der Waals surface area contributed by atoms with E-state index in [9.17, 15) is 9.90 Å². The normalized spacial score (nSPS) is 27.0. The number of benzene rings is 1. The standard InChI is InChI=1S/C14H14O3/c15-13(16)10-12-8-4-5-9-14(12,17)11-6-2-1-3-7-11/h1-9,12,17H,10H2,(H,15,16). The second-order valence-corrected chi connectivity index (χ2v) is 4.14. The van der Waals surface area contributed by atoms with Crippen LogP contribution < -0.4 is 0 Å². The highest BCUT2D eigenvalue weighted by Crippen LogP contribution is 2.36. The monoisotopic (exact) mass is 230 g/mol. The summed E-state index contributed by atoms with van der Waals surface area (Å²) in [4.78, 5) is 10.8. The first-order chi connectivity index (χ1) is 8.13. The molecule has 2 atom stereocenters. The number of hydrogen-bond acceptors (Lipinski definition) is 2. The third-order valence-corrected chi connectivity index (χ3v) is 3.00. The molecular weight excluding hydrogens is 216 g/mol. The van der Waals surface area contributed by atoms with Crippen LogP contribution in [-0.4, -0.2) is 16.2 Å². The third-order valence-electron chi connectivity index (χ3n) is 3.00. The molecule has 1 aliphatic carbocycles. The van der Waals surface area contributed by atoms with Crippen LogP contribution in [0.25, 0.3) is 0 Å². The Morgan fingerprint density at radius 2 is 1.94 bits per heavy atom. The van der Waals surface area contributed by atoms with Crippen molar-refractivity contribution < 1.29 is 15.0 Å². The Morgan fingerprint density at radius 3 is 2.59 bits per heavy atom. The van der Waals surface area contributed by atoms with Crippen molar-refractivity contribution >= 4 is 5.97 Å². The average Bonchev–Trinajstić information content (AvgIpc) is 2.33. The van der Waals surface area contributed by atoms with Gasteiger partial charge in [-0.1, -0.05) is 48.6 Å². The van der Waals surface area contributed by atoms with E-state index < -0.39 is 17.5 Å². The molecule has 0 amide bonds. The molecule has 0 spiro atoms. The molecule has 3 heteroatoms. The second kappa shape index (κ2) is 4.55. The Bertz CT molecular complexity index is 462. The number of carboxylic acid groups (broad SMARTS) is 1. The summed E-state index contributed by atoms with van der Waals surface area (Å²) in [6, 6.07) is 9.13. The highest BCUT2D eigenvalue weighted by Gasteiger charge is 2.36. The molecule has 0 aromatic heterocycles. The SMILES string of the molecule is O=C(O)CC1C=CC=CC1(O)c1ccccc1. The minimum Gasteiger partial charge on any atom is -0.481 e. The number of aliphatic hydroxyl groups is 1. The zero-order valence-electron chi connectivity index (χ0n) is 9.28. The number of carboxylic acids is 1. The lowest BCUT2D eigenvalue weighted by atomic mass is 9.77. The number of rotatable bonds is 3. The van der Waals surface area contributed by atoms with Crippen molar-refractivity contribution in [2.24, 2.45) is 5.92 Å². The Morgan fingerprint density at radius 1 is 1.24 bits per heavy atom. The summed E-state index contributed by atoms with van der Waals surface area (Å²) in [6.07, 6.45) is 6.81. The molecule has 0 aliphatic heterocycles. The topological polar surface area (TPSA) is 57.5 Å². The summed E-state index contributed by atoms with van der Waals surface area (Å²) in [5, 5.41) is 19.5. The number of carbonyl (C=O) groups is 1. The summed E-state index contributed by atoms with van der Waals surface area (Å²) < 4.78 is 0. The largest absolute Gasteiger partial charge is 0.481 e. The number of allylic oxidation sites excluding steroid dienone is 2. The zero-order chi connectivity index (χ0) is 12.3. The first-order valence-electron chi connectivity index (χ1n) is 5.48. The maximum atomic E-state index is 10.8. The first kappa shape index (κ1) is 11.6. The molecule has 3 nitrogen and oxygen atoms in total. The van der Waals surface area contributed by atoms with Crippen LogP contribution in [0.3, 0.4) is 0 Å². The lowest BCUT2D eigenvalue weighted by Gasteiger charge is -2.33. The van der Waals surface area contributed by atoms with Crippen molar-refractivity contribution in [2.75, 3.05) is 0 Å². The molecule has 0 bridgehead atoms. The van der Waals surface area contributed by atoms with Gasteiger partial charge in [-0.25, -0.2) is 0 Å². The predicted octanol–water partition coefficient (Wildman–Crippen LogP) is 2.09. The second-order valence-electron chi connectivity index (χ2n) is 4.14. The molecule has 0 saturated carbocycles. The van der Waals surface area contributed by atoms with Crippen LogP contribution >= 0.6 is 0 Å². The number of aliphatic carboxylic acids is 1. The molecule has 1 aliphatic rings. The van der Waals surface area contributed by atoms with E-state index in [-0.39, 0.29) is 6.42 Å². The summed E-state index contributed by atoms with van der Waals surface area (Å²) in [7, 11) is 0. The zero-order valence-corrected chi connectivity index (χ0v) is 9.28. The fourth-order valence-corrected chi connectivity index (χ4v) is 2.10. The van der Waals surface area contributed by atoms with E-state index in [0.717, 1.165) is 0 Å².